The summed E-state index contributed by atoms with van der Waals surface area (Å²) in [6.45, 7) is 5.50. The number of nitrogens with zero attached hydrogens (tertiary/aromatic N) is 1. The van der Waals surface area contributed by atoms with Gasteiger partial charge in [0.1, 0.15) is 0 Å². The summed E-state index contributed by atoms with van der Waals surface area (Å²) < 4.78 is 0. The Labute approximate surface area is 107 Å². The number of benzene rings is 1. The lowest BCUT2D eigenvalue weighted by Gasteiger charge is -2.28. The number of carbonyl (C=O) groups excluding carboxylic acids is 2. The Balaban J connectivity index is 3.10. The molecule has 0 saturated carbocycles. The zero-order chi connectivity index (χ0) is 13.9. The van der Waals surface area contributed by atoms with Crippen molar-refractivity contribution < 1.29 is 9.59 Å². The molecule has 0 radical (unpaired) electrons. The first-order valence-corrected chi connectivity index (χ1v) is 5.78. The first kappa shape index (κ1) is 14.0. The molecule has 5 nitrogen and oxygen atoms in total. The van der Waals surface area contributed by atoms with Crippen LogP contribution in [0.5, 0.6) is 0 Å². The minimum absolute atomic E-state index is 0.0787. The molecular formula is C13H19N3O2. The molecule has 5 heteroatoms. The molecule has 18 heavy (non-hydrogen) atoms. The van der Waals surface area contributed by atoms with E-state index in [1.54, 1.807) is 18.2 Å². The largest absolute Gasteiger partial charge is 0.398 e. The molecule has 0 bridgehead atoms. The summed E-state index contributed by atoms with van der Waals surface area (Å²) in [4.78, 5) is 24.2. The summed E-state index contributed by atoms with van der Waals surface area (Å²) in [6.07, 6.45) is 0. The number of nitrogens with two attached hydrogens (primary N) is 2. The van der Waals surface area contributed by atoms with E-state index in [4.69, 9.17) is 11.5 Å². The van der Waals surface area contributed by atoms with Gasteiger partial charge in [-0.3, -0.25) is 9.59 Å². The molecule has 0 aliphatic heterocycles. The van der Waals surface area contributed by atoms with Crippen LogP contribution < -0.4 is 16.4 Å². The second-order valence-corrected chi connectivity index (χ2v) is 4.52. The van der Waals surface area contributed by atoms with E-state index in [9.17, 15) is 9.59 Å². The molecule has 0 spiro atoms. The van der Waals surface area contributed by atoms with E-state index in [0.717, 1.165) is 5.69 Å². The van der Waals surface area contributed by atoms with Crippen LogP contribution in [0.1, 0.15) is 31.1 Å². The lowest BCUT2D eigenvalue weighted by Crippen LogP contribution is -2.38. The van der Waals surface area contributed by atoms with Crippen LogP contribution in [0.15, 0.2) is 18.2 Å². The molecule has 0 aliphatic rings. The minimum atomic E-state index is -0.405. The van der Waals surface area contributed by atoms with E-state index in [0.29, 0.717) is 11.3 Å². The Kier molecular flexibility index (Phi) is 4.31. The average molecular weight is 249 g/mol. The Morgan fingerprint density at radius 3 is 2.33 bits per heavy atom. The third-order valence-corrected chi connectivity index (χ3v) is 2.70. The number of rotatable bonds is 5. The van der Waals surface area contributed by atoms with Gasteiger partial charge in [-0.25, -0.2) is 0 Å². The van der Waals surface area contributed by atoms with Gasteiger partial charge < -0.3 is 16.4 Å². The molecule has 98 valence electrons. The van der Waals surface area contributed by atoms with Gasteiger partial charge in [-0.2, -0.15) is 0 Å². The summed E-state index contributed by atoms with van der Waals surface area (Å²) in [5.74, 6) is -0.483. The van der Waals surface area contributed by atoms with E-state index in [1.807, 2.05) is 18.7 Å². The van der Waals surface area contributed by atoms with Crippen LogP contribution in [-0.4, -0.2) is 24.3 Å². The van der Waals surface area contributed by atoms with Crippen LogP contribution in [0, 0.1) is 0 Å². The number of hydrogen-bond donors (Lipinski definition) is 2. The summed E-state index contributed by atoms with van der Waals surface area (Å²) in [5.41, 5.74) is 12.7. The van der Waals surface area contributed by atoms with Crippen molar-refractivity contribution in [3.05, 3.63) is 23.8 Å². The molecule has 0 heterocycles. The topological polar surface area (TPSA) is 89.4 Å². The number of primary amides is 1. The third kappa shape index (κ3) is 3.23. The van der Waals surface area contributed by atoms with Crippen LogP contribution >= 0.6 is 0 Å². The smallest absolute Gasteiger partial charge is 0.236 e. The van der Waals surface area contributed by atoms with Crippen LogP contribution in [0.4, 0.5) is 11.4 Å². The summed E-state index contributed by atoms with van der Waals surface area (Å²) in [5, 5.41) is 0. The number of Topliss-reactive ketones (excluding diaryl/α,β-unsaturated/α-hetero) is 1. The third-order valence-electron chi connectivity index (χ3n) is 2.70. The molecule has 0 aliphatic carbocycles. The van der Waals surface area contributed by atoms with Gasteiger partial charge in [0.05, 0.1) is 6.54 Å². The number of carbonyl (C=O) groups is 2. The molecule has 1 aromatic rings. The number of ketones is 1. The molecule has 1 rings (SSSR count). The lowest BCUT2D eigenvalue weighted by molar-refractivity contribution is -0.116. The highest BCUT2D eigenvalue weighted by Gasteiger charge is 2.15. The number of hydrogen-bond acceptors (Lipinski definition) is 4. The highest BCUT2D eigenvalue weighted by molar-refractivity contribution is 5.99. The van der Waals surface area contributed by atoms with E-state index in [1.165, 1.54) is 6.92 Å². The fourth-order valence-electron chi connectivity index (χ4n) is 1.79. The maximum Gasteiger partial charge on any atom is 0.236 e. The van der Waals surface area contributed by atoms with Crippen molar-refractivity contribution in [3.63, 3.8) is 0 Å². The summed E-state index contributed by atoms with van der Waals surface area (Å²) in [7, 11) is 0. The standard InChI is InChI=1S/C13H19N3O2/c1-8(2)16(7-13(15)18)10-4-5-11(9(3)17)12(14)6-10/h4-6,8H,7,14H2,1-3H3,(H2,15,18). The van der Waals surface area contributed by atoms with Crippen molar-refractivity contribution in [3.8, 4) is 0 Å². The molecule has 0 unspecified atom stereocenters. The van der Waals surface area contributed by atoms with E-state index in [2.05, 4.69) is 0 Å². The zero-order valence-electron chi connectivity index (χ0n) is 10.9. The van der Waals surface area contributed by atoms with E-state index >= 15 is 0 Å². The Bertz CT molecular complexity index is 469. The van der Waals surface area contributed by atoms with Gasteiger partial charge in [0, 0.05) is 23.0 Å². The Morgan fingerprint density at radius 1 is 1.33 bits per heavy atom. The van der Waals surface area contributed by atoms with Crippen molar-refractivity contribution in [1.82, 2.24) is 0 Å². The SMILES string of the molecule is CC(=O)c1ccc(N(CC(N)=O)C(C)C)cc1N. The number of nitrogen functional groups attached to an aromatic ring is 1. The zero-order valence-corrected chi connectivity index (χ0v) is 10.9. The van der Waals surface area contributed by atoms with Crippen molar-refractivity contribution in [2.24, 2.45) is 5.73 Å². The van der Waals surface area contributed by atoms with Crippen LogP contribution in [0.3, 0.4) is 0 Å². The number of anilines is 2. The van der Waals surface area contributed by atoms with Crippen LogP contribution in [0.25, 0.3) is 0 Å². The second-order valence-electron chi connectivity index (χ2n) is 4.52. The van der Waals surface area contributed by atoms with E-state index in [-0.39, 0.29) is 18.4 Å². The van der Waals surface area contributed by atoms with Crippen molar-refractivity contribution in [2.75, 3.05) is 17.2 Å². The average Bonchev–Trinajstić information content (AvgIpc) is 2.24. The normalized spacial score (nSPS) is 10.4. The molecule has 0 saturated heterocycles. The summed E-state index contributed by atoms with van der Waals surface area (Å²) >= 11 is 0. The molecule has 1 aromatic carbocycles. The maximum absolute atomic E-state index is 11.3. The van der Waals surface area contributed by atoms with Gasteiger partial charge in [-0.05, 0) is 39.0 Å². The minimum Gasteiger partial charge on any atom is -0.398 e. The molecule has 1 amide bonds. The maximum atomic E-state index is 11.3. The van der Waals surface area contributed by atoms with Gasteiger partial charge in [-0.15, -0.1) is 0 Å². The van der Waals surface area contributed by atoms with E-state index < -0.39 is 5.91 Å². The molecule has 0 aromatic heterocycles. The first-order valence-electron chi connectivity index (χ1n) is 5.78. The van der Waals surface area contributed by atoms with Crippen molar-refractivity contribution in [1.29, 1.82) is 0 Å². The lowest BCUT2D eigenvalue weighted by atomic mass is 10.1. The Morgan fingerprint density at radius 2 is 1.94 bits per heavy atom. The summed E-state index contributed by atoms with van der Waals surface area (Å²) in [6, 6.07) is 5.25. The molecule has 0 fully saturated rings. The van der Waals surface area contributed by atoms with Crippen LogP contribution in [0.2, 0.25) is 0 Å². The molecule has 4 N–H and O–H groups in total. The van der Waals surface area contributed by atoms with Crippen LogP contribution in [-0.2, 0) is 4.79 Å². The van der Waals surface area contributed by atoms with Gasteiger partial charge in [-0.1, -0.05) is 0 Å². The fraction of sp³-hybridized carbons (Fsp3) is 0.385. The number of amides is 1. The predicted octanol–water partition coefficient (Wildman–Crippen LogP) is 1.17. The highest BCUT2D eigenvalue weighted by Crippen LogP contribution is 2.23. The van der Waals surface area contributed by atoms with Gasteiger partial charge in [0.2, 0.25) is 5.91 Å². The Hall–Kier alpha value is -2.04. The first-order chi connectivity index (χ1) is 8.32. The van der Waals surface area contributed by atoms with Crippen molar-refractivity contribution in [2.45, 2.75) is 26.8 Å². The second kappa shape index (κ2) is 5.53. The molecular weight excluding hydrogens is 230 g/mol. The van der Waals surface area contributed by atoms with Crippen molar-refractivity contribution >= 4 is 23.1 Å². The van der Waals surface area contributed by atoms with Gasteiger partial charge in [0.15, 0.2) is 5.78 Å². The van der Waals surface area contributed by atoms with Gasteiger partial charge >= 0.3 is 0 Å². The van der Waals surface area contributed by atoms with Gasteiger partial charge in [0.25, 0.3) is 0 Å². The highest BCUT2D eigenvalue weighted by atomic mass is 16.1. The monoisotopic (exact) mass is 249 g/mol. The fourth-order valence-corrected chi connectivity index (χ4v) is 1.79. The predicted molar refractivity (Wildman–Crippen MR) is 72.5 cm³/mol. The quantitative estimate of drug-likeness (QED) is 0.605. The molecule has 0 atom stereocenters.